The van der Waals surface area contributed by atoms with Gasteiger partial charge in [0.15, 0.2) is 0 Å². The molecule has 1 radical (unpaired) electrons. The molecule has 4 rings (SSSR count). The molecule has 1 aromatic heterocycles. The summed E-state index contributed by atoms with van der Waals surface area (Å²) in [6.07, 6.45) is 8.49. The van der Waals surface area contributed by atoms with Gasteiger partial charge in [0.2, 0.25) is 7.28 Å². The lowest BCUT2D eigenvalue weighted by molar-refractivity contribution is 0.712. The molecule has 1 unspecified atom stereocenters. The van der Waals surface area contributed by atoms with Crippen LogP contribution in [0.3, 0.4) is 0 Å². The first-order valence-electron chi connectivity index (χ1n) is 11.4. The summed E-state index contributed by atoms with van der Waals surface area (Å²) in [5, 5.41) is 1.06. The normalized spacial score (nSPS) is 11.9. The molecule has 0 saturated carbocycles. The molecule has 3 aromatic carbocycles. The van der Waals surface area contributed by atoms with Gasteiger partial charge in [-0.3, -0.25) is 4.98 Å². The first kappa shape index (κ1) is 22.6. The van der Waals surface area contributed by atoms with Gasteiger partial charge in [0.1, 0.15) is 0 Å². The van der Waals surface area contributed by atoms with Crippen molar-refractivity contribution in [2.45, 2.75) is 38.0 Å². The number of hydrogen-bond donors (Lipinski definition) is 0. The molecular weight excluding hydrogens is 455 g/mol. The van der Waals surface area contributed by atoms with Crippen LogP contribution < -0.4 is 5.72 Å². The summed E-state index contributed by atoms with van der Waals surface area (Å²) in [5.41, 5.74) is 6.50. The molecule has 2 nitrogen and oxygen atoms in total. The number of aromatic nitrogens is 2. The standard InChI is InChI=1S/C28H29BBrN2/c30-19-10-9-14-24-13-7-8-17-26(24)27(25-15-5-2-6-16-25)29-28-31-20-22-32(28)21-18-23-11-3-1-4-12-23/h1-8,11-13,15-17,20,22,27H,9-10,14,18-19,21H2. The topological polar surface area (TPSA) is 17.8 Å². The van der Waals surface area contributed by atoms with E-state index in [4.69, 9.17) is 4.98 Å². The summed E-state index contributed by atoms with van der Waals surface area (Å²) in [5.74, 6) is 0.175. The van der Waals surface area contributed by atoms with E-state index in [9.17, 15) is 0 Å². The molecule has 0 aliphatic carbocycles. The van der Waals surface area contributed by atoms with E-state index in [2.05, 4.69) is 119 Å². The summed E-state index contributed by atoms with van der Waals surface area (Å²) in [6.45, 7) is 0.921. The minimum Gasteiger partial charge on any atom is -0.343 e. The molecule has 0 saturated heterocycles. The maximum absolute atomic E-state index is 4.73. The molecule has 0 N–H and O–H groups in total. The molecule has 1 atom stereocenters. The molecule has 1 heterocycles. The second kappa shape index (κ2) is 11.9. The van der Waals surface area contributed by atoms with Crippen molar-refractivity contribution in [3.63, 3.8) is 0 Å². The number of aryl methyl sites for hydroxylation is 3. The minimum absolute atomic E-state index is 0.175. The highest BCUT2D eigenvalue weighted by Gasteiger charge is 2.21. The molecule has 4 aromatic rings. The van der Waals surface area contributed by atoms with Crippen LogP contribution in [0.1, 0.15) is 40.9 Å². The predicted octanol–water partition coefficient (Wildman–Crippen LogP) is 5.96. The van der Waals surface area contributed by atoms with Gasteiger partial charge in [-0.2, -0.15) is 0 Å². The highest BCUT2D eigenvalue weighted by Crippen LogP contribution is 2.27. The fourth-order valence-electron chi connectivity index (χ4n) is 4.21. The average molecular weight is 484 g/mol. The van der Waals surface area contributed by atoms with Gasteiger partial charge in [-0.05, 0) is 53.8 Å². The van der Waals surface area contributed by atoms with Crippen molar-refractivity contribution in [1.82, 2.24) is 9.55 Å². The number of halogens is 1. The first-order chi connectivity index (χ1) is 15.8. The maximum atomic E-state index is 4.73. The number of hydrogen-bond acceptors (Lipinski definition) is 1. The lowest BCUT2D eigenvalue weighted by atomic mass is 9.57. The molecule has 0 bridgehead atoms. The Balaban J connectivity index is 1.59. The monoisotopic (exact) mass is 483 g/mol. The SMILES string of the molecule is BrCCCCc1ccccc1C([B]c1nccn1CCc1ccccc1)c1ccccc1. The molecule has 0 spiro atoms. The van der Waals surface area contributed by atoms with E-state index in [1.54, 1.807) is 0 Å². The average Bonchev–Trinajstić information content (AvgIpc) is 3.30. The zero-order valence-corrected chi connectivity index (χ0v) is 20.0. The van der Waals surface area contributed by atoms with Crippen molar-refractivity contribution in [2.75, 3.05) is 5.33 Å². The van der Waals surface area contributed by atoms with E-state index in [0.29, 0.717) is 0 Å². The second-order valence-electron chi connectivity index (χ2n) is 8.11. The number of rotatable bonds is 11. The van der Waals surface area contributed by atoms with E-state index >= 15 is 0 Å². The third-order valence-electron chi connectivity index (χ3n) is 5.93. The van der Waals surface area contributed by atoms with Crippen molar-refractivity contribution in [3.8, 4) is 0 Å². The van der Waals surface area contributed by atoms with Gasteiger partial charge in [0, 0.05) is 24.3 Å². The smallest absolute Gasteiger partial charge is 0.215 e. The zero-order chi connectivity index (χ0) is 22.0. The third kappa shape index (κ3) is 6.01. The number of unbranched alkanes of at least 4 members (excludes halogenated alkanes) is 1. The van der Waals surface area contributed by atoms with Crippen LogP contribution in [0.15, 0.2) is 97.3 Å². The lowest BCUT2D eigenvalue weighted by Gasteiger charge is -2.21. The Bertz CT molecular complexity index is 1080. The molecule has 32 heavy (non-hydrogen) atoms. The first-order valence-corrected chi connectivity index (χ1v) is 12.6. The van der Waals surface area contributed by atoms with Crippen LogP contribution in [-0.2, 0) is 19.4 Å². The van der Waals surface area contributed by atoms with Gasteiger partial charge < -0.3 is 4.57 Å². The van der Waals surface area contributed by atoms with Crippen molar-refractivity contribution < 1.29 is 0 Å². The Morgan fingerprint density at radius 1 is 0.812 bits per heavy atom. The lowest BCUT2D eigenvalue weighted by Crippen LogP contribution is -2.32. The Kier molecular flexibility index (Phi) is 8.39. The Morgan fingerprint density at radius 3 is 2.31 bits per heavy atom. The van der Waals surface area contributed by atoms with Crippen LogP contribution in [0.2, 0.25) is 0 Å². The van der Waals surface area contributed by atoms with Crippen LogP contribution in [0.25, 0.3) is 0 Å². The van der Waals surface area contributed by atoms with Crippen LogP contribution in [-0.4, -0.2) is 22.2 Å². The Labute approximate surface area is 201 Å². The maximum Gasteiger partial charge on any atom is 0.215 e. The van der Waals surface area contributed by atoms with E-state index in [-0.39, 0.29) is 5.82 Å². The van der Waals surface area contributed by atoms with E-state index < -0.39 is 0 Å². The second-order valence-corrected chi connectivity index (χ2v) is 8.91. The van der Waals surface area contributed by atoms with Gasteiger partial charge in [-0.15, -0.1) is 0 Å². The van der Waals surface area contributed by atoms with Crippen molar-refractivity contribution >= 4 is 28.9 Å². The molecular formula is C28H29BBrN2. The summed E-state index contributed by atoms with van der Waals surface area (Å²) < 4.78 is 2.27. The molecule has 161 valence electrons. The predicted molar refractivity (Wildman–Crippen MR) is 139 cm³/mol. The molecule has 0 aliphatic rings. The number of nitrogens with zero attached hydrogens (tertiary/aromatic N) is 2. The highest BCUT2D eigenvalue weighted by atomic mass is 79.9. The van der Waals surface area contributed by atoms with Crippen molar-refractivity contribution in [3.05, 3.63) is 120 Å². The van der Waals surface area contributed by atoms with Gasteiger partial charge >= 0.3 is 0 Å². The Hall–Kier alpha value is -2.59. The fourth-order valence-corrected chi connectivity index (χ4v) is 4.61. The van der Waals surface area contributed by atoms with Gasteiger partial charge in [-0.1, -0.05) is 101 Å². The third-order valence-corrected chi connectivity index (χ3v) is 6.49. The summed E-state index contributed by atoms with van der Waals surface area (Å²) in [7, 11) is 2.34. The molecule has 0 amide bonds. The highest BCUT2D eigenvalue weighted by molar-refractivity contribution is 9.09. The van der Waals surface area contributed by atoms with Crippen molar-refractivity contribution in [2.24, 2.45) is 0 Å². The van der Waals surface area contributed by atoms with Crippen LogP contribution >= 0.6 is 15.9 Å². The largest absolute Gasteiger partial charge is 0.343 e. The molecule has 0 aliphatic heterocycles. The summed E-state index contributed by atoms with van der Waals surface area (Å²) in [6, 6.07) is 30.4. The number of alkyl halides is 1. The molecule has 4 heteroatoms. The zero-order valence-electron chi connectivity index (χ0n) is 18.4. The molecule has 0 fully saturated rings. The van der Waals surface area contributed by atoms with Gasteiger partial charge in [0.25, 0.3) is 0 Å². The summed E-state index contributed by atoms with van der Waals surface area (Å²) in [4.78, 5) is 4.73. The van der Waals surface area contributed by atoms with Gasteiger partial charge in [0.05, 0.1) is 5.72 Å². The van der Waals surface area contributed by atoms with Crippen LogP contribution in [0, 0.1) is 0 Å². The minimum atomic E-state index is 0.175. The van der Waals surface area contributed by atoms with E-state index in [1.807, 2.05) is 6.20 Å². The van der Waals surface area contributed by atoms with Crippen LogP contribution in [0.5, 0.6) is 0 Å². The quantitative estimate of drug-likeness (QED) is 0.146. The van der Waals surface area contributed by atoms with Crippen LogP contribution in [0.4, 0.5) is 0 Å². The van der Waals surface area contributed by atoms with E-state index in [0.717, 1.165) is 30.4 Å². The van der Waals surface area contributed by atoms with Gasteiger partial charge in [-0.25, -0.2) is 0 Å². The summed E-state index contributed by atoms with van der Waals surface area (Å²) >= 11 is 3.57. The fraction of sp³-hybridized carbons (Fsp3) is 0.250. The number of benzene rings is 3. The van der Waals surface area contributed by atoms with E-state index in [1.165, 1.54) is 35.1 Å². The Morgan fingerprint density at radius 2 is 1.53 bits per heavy atom. The van der Waals surface area contributed by atoms with Crippen molar-refractivity contribution in [1.29, 1.82) is 0 Å². The number of imidazole rings is 1.